The molecule has 3 nitrogen and oxygen atoms in total. The average Bonchev–Trinajstić information content (AvgIpc) is 2.15. The number of dihydropyridines is 1. The van der Waals surface area contributed by atoms with Crippen LogP contribution in [0, 0.1) is 0 Å². The van der Waals surface area contributed by atoms with Crippen molar-refractivity contribution in [3.63, 3.8) is 0 Å². The van der Waals surface area contributed by atoms with Crippen LogP contribution >= 0.6 is 59.2 Å². The van der Waals surface area contributed by atoms with Gasteiger partial charge in [-0.25, -0.2) is 0 Å². The van der Waals surface area contributed by atoms with E-state index in [0.717, 1.165) is 0 Å². The molecule has 1 heterocycles. The van der Waals surface area contributed by atoms with E-state index in [1.54, 1.807) is 12.2 Å². The van der Waals surface area contributed by atoms with Crippen LogP contribution in [0.1, 0.15) is 0 Å². The van der Waals surface area contributed by atoms with E-state index in [4.69, 9.17) is 34.8 Å². The maximum Gasteiger partial charge on any atom is 0.244 e. The molecule has 1 unspecified atom stereocenters. The van der Waals surface area contributed by atoms with Gasteiger partial charge in [0.05, 0.1) is 5.70 Å². The summed E-state index contributed by atoms with van der Waals surface area (Å²) in [4.78, 5) is 22.6. The molecule has 0 aromatic heterocycles. The third-order valence-electron chi connectivity index (χ3n) is 1.58. The fourth-order valence-electron chi connectivity index (χ4n) is 0.975. The summed E-state index contributed by atoms with van der Waals surface area (Å²) in [6, 6.07) is -0.697. The number of allylic oxidation sites excluding steroid dienone is 2. The number of hydrogen-bond donors (Lipinski definition) is 2. The molecule has 1 aliphatic rings. The average molecular weight is 319 g/mol. The maximum atomic E-state index is 11.6. The first-order valence-corrected chi connectivity index (χ1v) is 6.37. The molecule has 1 atom stereocenters. The minimum Gasteiger partial charge on any atom is -0.368 e. The summed E-state index contributed by atoms with van der Waals surface area (Å²) in [6.45, 7) is 0. The molecule has 0 radical (unpaired) electrons. The van der Waals surface area contributed by atoms with Gasteiger partial charge in [-0.1, -0.05) is 59.6 Å². The molecule has 0 saturated heterocycles. The molecule has 0 aliphatic carbocycles. The molecule has 16 heavy (non-hydrogen) atoms. The van der Waals surface area contributed by atoms with Crippen molar-refractivity contribution < 1.29 is 9.59 Å². The van der Waals surface area contributed by atoms with E-state index in [9.17, 15) is 9.59 Å². The van der Waals surface area contributed by atoms with Gasteiger partial charge in [0.15, 0.2) is 0 Å². The highest BCUT2D eigenvalue weighted by atomic mass is 35.6. The van der Waals surface area contributed by atoms with Gasteiger partial charge >= 0.3 is 0 Å². The molecule has 0 spiro atoms. The SMILES string of the molecule is O=C(S)C1=CC=CC(C(=O)SC(Cl)(Cl)Cl)N1. The molecule has 0 fully saturated rings. The Bertz CT molecular complexity index is 376. The van der Waals surface area contributed by atoms with Gasteiger partial charge in [-0.2, -0.15) is 0 Å². The van der Waals surface area contributed by atoms with Gasteiger partial charge < -0.3 is 5.32 Å². The van der Waals surface area contributed by atoms with Crippen LogP contribution in [0.4, 0.5) is 0 Å². The monoisotopic (exact) mass is 317 g/mol. The second-order valence-electron chi connectivity index (χ2n) is 2.76. The third-order valence-corrected chi connectivity index (χ3v) is 3.20. The number of alkyl halides is 3. The van der Waals surface area contributed by atoms with E-state index in [0.29, 0.717) is 11.8 Å². The van der Waals surface area contributed by atoms with Gasteiger partial charge in [0.1, 0.15) is 6.04 Å². The first kappa shape index (κ1) is 14.3. The molecule has 88 valence electrons. The molecule has 0 amide bonds. The summed E-state index contributed by atoms with van der Waals surface area (Å²) in [5.74, 6) is 0. The highest BCUT2D eigenvalue weighted by Crippen LogP contribution is 2.40. The van der Waals surface area contributed by atoms with Crippen LogP contribution in [0.2, 0.25) is 0 Å². The van der Waals surface area contributed by atoms with Crippen LogP contribution in [0.25, 0.3) is 0 Å². The number of carbonyl (C=O) groups is 2. The van der Waals surface area contributed by atoms with E-state index in [1.165, 1.54) is 6.08 Å². The van der Waals surface area contributed by atoms with Crippen molar-refractivity contribution in [3.05, 3.63) is 23.9 Å². The lowest BCUT2D eigenvalue weighted by molar-refractivity contribution is -0.111. The van der Waals surface area contributed by atoms with Crippen LogP contribution in [0.5, 0.6) is 0 Å². The zero-order chi connectivity index (χ0) is 12.3. The predicted octanol–water partition coefficient (Wildman–Crippen LogP) is 2.44. The van der Waals surface area contributed by atoms with Gasteiger partial charge in [-0.15, -0.1) is 0 Å². The summed E-state index contributed by atoms with van der Waals surface area (Å²) in [7, 11) is 0. The Hall–Kier alpha value is 0.190. The van der Waals surface area contributed by atoms with Crippen molar-refractivity contribution in [2.75, 3.05) is 0 Å². The third kappa shape index (κ3) is 4.59. The smallest absolute Gasteiger partial charge is 0.244 e. The van der Waals surface area contributed by atoms with E-state index in [1.807, 2.05) is 0 Å². The lowest BCUT2D eigenvalue weighted by Gasteiger charge is -2.19. The zero-order valence-corrected chi connectivity index (χ0v) is 11.6. The molecular formula is C8H6Cl3NO2S2. The lowest BCUT2D eigenvalue weighted by Crippen LogP contribution is -2.36. The van der Waals surface area contributed by atoms with Gasteiger partial charge in [0.25, 0.3) is 0 Å². The van der Waals surface area contributed by atoms with E-state index in [-0.39, 0.29) is 5.70 Å². The van der Waals surface area contributed by atoms with Crippen molar-refractivity contribution in [2.45, 2.75) is 9.17 Å². The summed E-state index contributed by atoms with van der Waals surface area (Å²) in [6.07, 6.45) is 4.65. The minimum absolute atomic E-state index is 0.231. The maximum absolute atomic E-state index is 11.6. The molecule has 0 bridgehead atoms. The second-order valence-corrected chi connectivity index (χ2v) is 7.34. The molecule has 1 aliphatic heterocycles. The molecule has 1 rings (SSSR count). The van der Waals surface area contributed by atoms with Crippen molar-refractivity contribution >= 4 is 69.4 Å². The Balaban J connectivity index is 2.65. The van der Waals surface area contributed by atoms with Gasteiger partial charge in [0.2, 0.25) is 13.4 Å². The van der Waals surface area contributed by atoms with Gasteiger partial charge in [-0.05, 0) is 17.8 Å². The lowest BCUT2D eigenvalue weighted by atomic mass is 10.2. The second kappa shape index (κ2) is 5.69. The van der Waals surface area contributed by atoms with Crippen molar-refractivity contribution in [2.24, 2.45) is 0 Å². The number of nitrogens with one attached hydrogen (secondary N) is 1. The van der Waals surface area contributed by atoms with Crippen molar-refractivity contribution in [3.8, 4) is 0 Å². The normalized spacial score (nSPS) is 20.0. The molecule has 0 aromatic carbocycles. The molecule has 0 saturated carbocycles. The minimum atomic E-state index is -1.71. The molecule has 0 aromatic rings. The number of thiol groups is 1. The Kier molecular flexibility index (Phi) is 5.07. The number of hydrogen-bond acceptors (Lipinski definition) is 4. The highest BCUT2D eigenvalue weighted by molar-refractivity contribution is 8.18. The summed E-state index contributed by atoms with van der Waals surface area (Å²) in [5.41, 5.74) is 0.231. The molecule has 8 heteroatoms. The van der Waals surface area contributed by atoms with Gasteiger partial charge in [-0.3, -0.25) is 9.59 Å². The molecular weight excluding hydrogens is 313 g/mol. The van der Waals surface area contributed by atoms with E-state index < -0.39 is 19.4 Å². The fourth-order valence-corrected chi connectivity index (χ4v) is 2.29. The number of rotatable bonds is 2. The van der Waals surface area contributed by atoms with Crippen LogP contribution in [-0.2, 0) is 9.59 Å². The number of carbonyl (C=O) groups excluding carboxylic acids is 2. The first-order valence-electron chi connectivity index (χ1n) is 3.97. The standard InChI is InChI=1S/C8H6Cl3NO2S2/c9-8(10,11)16-7(14)5-3-1-2-4(12-5)6(13)15/h1-3,5,12H,(H,13,15). The van der Waals surface area contributed by atoms with Crippen LogP contribution in [0.3, 0.4) is 0 Å². The topological polar surface area (TPSA) is 46.2 Å². The van der Waals surface area contributed by atoms with Crippen molar-refractivity contribution in [1.82, 2.24) is 5.32 Å². The fraction of sp³-hybridized carbons (Fsp3) is 0.250. The summed E-state index contributed by atoms with van der Waals surface area (Å²) < 4.78 is -1.71. The number of thioether (sulfide) groups is 1. The van der Waals surface area contributed by atoms with Gasteiger partial charge in [0, 0.05) is 0 Å². The van der Waals surface area contributed by atoms with Crippen LogP contribution in [0.15, 0.2) is 23.9 Å². The Morgan fingerprint density at radius 1 is 1.44 bits per heavy atom. The highest BCUT2D eigenvalue weighted by Gasteiger charge is 2.30. The quantitative estimate of drug-likeness (QED) is 0.606. The summed E-state index contributed by atoms with van der Waals surface area (Å²) in [5, 5.41) is 1.83. The van der Waals surface area contributed by atoms with E-state index >= 15 is 0 Å². The van der Waals surface area contributed by atoms with Crippen molar-refractivity contribution in [1.29, 1.82) is 0 Å². The zero-order valence-electron chi connectivity index (χ0n) is 7.62. The van der Waals surface area contributed by atoms with Crippen LogP contribution < -0.4 is 5.32 Å². The largest absolute Gasteiger partial charge is 0.368 e. The Labute approximate surface area is 117 Å². The molecule has 1 N–H and O–H groups in total. The summed E-state index contributed by atoms with van der Waals surface area (Å²) >= 11 is 20.6. The van der Waals surface area contributed by atoms with Crippen LogP contribution in [-0.4, -0.2) is 19.4 Å². The Morgan fingerprint density at radius 3 is 2.56 bits per heavy atom. The number of halogens is 3. The predicted molar refractivity (Wildman–Crippen MR) is 71.0 cm³/mol. The Morgan fingerprint density at radius 2 is 2.06 bits per heavy atom. The van der Waals surface area contributed by atoms with E-state index in [2.05, 4.69) is 17.9 Å². The first-order chi connectivity index (χ1) is 7.29.